The van der Waals surface area contributed by atoms with Crippen LogP contribution in [0.1, 0.15) is 110 Å². The van der Waals surface area contributed by atoms with Gasteiger partial charge in [0.15, 0.2) is 0 Å². The molecule has 2 aliphatic heterocycles. The second-order valence-electron chi connectivity index (χ2n) is 12.2. The average Bonchev–Trinajstić information content (AvgIpc) is 2.97. The molecule has 0 bridgehead atoms. The number of likely N-dealkylation sites (tertiary alicyclic amines) is 2. The van der Waals surface area contributed by atoms with Crippen LogP contribution >= 0.6 is 0 Å². The van der Waals surface area contributed by atoms with E-state index in [9.17, 15) is 0 Å². The van der Waals surface area contributed by atoms with Crippen LogP contribution in [0, 0.1) is 22.7 Å². The number of hydrogen-bond donors (Lipinski definition) is 0. The van der Waals surface area contributed by atoms with Crippen molar-refractivity contribution in [2.45, 2.75) is 122 Å². The van der Waals surface area contributed by atoms with E-state index in [2.05, 4.69) is 86.0 Å². The molecular formula is C26H58N2. The molecule has 0 aromatic carbocycles. The molecule has 172 valence electrons. The lowest BCUT2D eigenvalue weighted by molar-refractivity contribution is 0.0930. The van der Waals surface area contributed by atoms with Crippen LogP contribution in [0.3, 0.4) is 0 Å². The number of nitrogens with zero attached hydrogens (tertiary/aromatic N) is 2. The van der Waals surface area contributed by atoms with Gasteiger partial charge in [-0.2, -0.15) is 0 Å². The third-order valence-corrected chi connectivity index (χ3v) is 6.85. The van der Waals surface area contributed by atoms with Crippen LogP contribution in [0.2, 0.25) is 0 Å². The normalized spacial score (nSPS) is 22.9. The van der Waals surface area contributed by atoms with Crippen molar-refractivity contribution >= 4 is 0 Å². The molecule has 2 nitrogen and oxygen atoms in total. The van der Waals surface area contributed by atoms with E-state index in [1.807, 2.05) is 0 Å². The Hall–Kier alpha value is -0.0800. The highest BCUT2D eigenvalue weighted by Gasteiger charge is 2.35. The molecule has 2 rings (SSSR count). The summed E-state index contributed by atoms with van der Waals surface area (Å²) in [6, 6.07) is 0.737. The topological polar surface area (TPSA) is 6.48 Å². The first-order valence-corrected chi connectivity index (χ1v) is 11.1. The van der Waals surface area contributed by atoms with Gasteiger partial charge in [0.05, 0.1) is 0 Å². The minimum atomic E-state index is 0. The molecule has 0 amide bonds. The SMILES string of the molecule is C.C.CC(C)(C)C1CCN(C(C)(C)C)C1.CC(C)N1CCC(C(C)(C)C)CC1. The van der Waals surface area contributed by atoms with E-state index < -0.39 is 0 Å². The van der Waals surface area contributed by atoms with Crippen molar-refractivity contribution < 1.29 is 0 Å². The largest absolute Gasteiger partial charge is 0.301 e. The maximum absolute atomic E-state index is 2.61. The molecule has 0 spiro atoms. The second kappa shape index (κ2) is 11.3. The first-order valence-electron chi connectivity index (χ1n) is 11.1. The summed E-state index contributed by atoms with van der Waals surface area (Å²) >= 11 is 0. The van der Waals surface area contributed by atoms with Gasteiger partial charge in [-0.05, 0) is 96.2 Å². The number of hydrogen-bond acceptors (Lipinski definition) is 2. The maximum Gasteiger partial charge on any atom is 0.0125 e. The Kier molecular flexibility index (Phi) is 12.2. The molecule has 2 aliphatic rings. The zero-order chi connectivity index (χ0) is 20.3. The van der Waals surface area contributed by atoms with Gasteiger partial charge in [0.25, 0.3) is 0 Å². The van der Waals surface area contributed by atoms with Gasteiger partial charge >= 0.3 is 0 Å². The average molecular weight is 399 g/mol. The first-order chi connectivity index (χ1) is 11.6. The maximum atomic E-state index is 2.61. The van der Waals surface area contributed by atoms with Crippen LogP contribution in [-0.2, 0) is 0 Å². The molecule has 0 N–H and O–H groups in total. The van der Waals surface area contributed by atoms with E-state index in [-0.39, 0.29) is 14.9 Å². The molecule has 1 unspecified atom stereocenters. The van der Waals surface area contributed by atoms with E-state index in [0.29, 0.717) is 16.4 Å². The Morgan fingerprint density at radius 3 is 1.29 bits per heavy atom. The van der Waals surface area contributed by atoms with E-state index in [0.717, 1.165) is 17.9 Å². The molecule has 0 aromatic rings. The van der Waals surface area contributed by atoms with Gasteiger partial charge in [-0.1, -0.05) is 56.4 Å². The summed E-state index contributed by atoms with van der Waals surface area (Å²) in [6.45, 7) is 31.0. The molecule has 28 heavy (non-hydrogen) atoms. The number of piperidine rings is 1. The van der Waals surface area contributed by atoms with Crippen molar-refractivity contribution in [3.05, 3.63) is 0 Å². The highest BCUT2D eigenvalue weighted by atomic mass is 15.2. The lowest BCUT2D eigenvalue weighted by Crippen LogP contribution is -2.41. The predicted molar refractivity (Wildman–Crippen MR) is 131 cm³/mol. The Balaban J connectivity index is 0. The molecular weight excluding hydrogens is 340 g/mol. The van der Waals surface area contributed by atoms with E-state index in [1.54, 1.807) is 0 Å². The molecule has 0 saturated carbocycles. The summed E-state index contributed by atoms with van der Waals surface area (Å²) in [5, 5.41) is 0. The van der Waals surface area contributed by atoms with Gasteiger partial charge in [0.1, 0.15) is 0 Å². The molecule has 0 radical (unpaired) electrons. The fraction of sp³-hybridized carbons (Fsp3) is 1.00. The van der Waals surface area contributed by atoms with Gasteiger partial charge < -0.3 is 4.90 Å². The fourth-order valence-electron chi connectivity index (χ4n) is 4.36. The van der Waals surface area contributed by atoms with Crippen LogP contribution in [0.15, 0.2) is 0 Å². The minimum Gasteiger partial charge on any atom is -0.301 e. The van der Waals surface area contributed by atoms with Crippen LogP contribution < -0.4 is 0 Å². The highest BCUT2D eigenvalue weighted by Crippen LogP contribution is 2.36. The Morgan fingerprint density at radius 1 is 0.643 bits per heavy atom. The molecule has 2 heterocycles. The molecule has 0 aromatic heterocycles. The summed E-state index contributed by atoms with van der Waals surface area (Å²) in [5.74, 6) is 1.81. The summed E-state index contributed by atoms with van der Waals surface area (Å²) in [4.78, 5) is 5.21. The second-order valence-corrected chi connectivity index (χ2v) is 12.2. The highest BCUT2D eigenvalue weighted by molar-refractivity contribution is 4.89. The van der Waals surface area contributed by atoms with Crippen LogP contribution in [0.5, 0.6) is 0 Å². The van der Waals surface area contributed by atoms with Crippen LogP contribution in [0.25, 0.3) is 0 Å². The van der Waals surface area contributed by atoms with Crippen molar-refractivity contribution in [1.82, 2.24) is 9.80 Å². The smallest absolute Gasteiger partial charge is 0.0125 e. The van der Waals surface area contributed by atoms with Gasteiger partial charge in [-0.15, -0.1) is 0 Å². The van der Waals surface area contributed by atoms with Crippen molar-refractivity contribution in [3.8, 4) is 0 Å². The van der Waals surface area contributed by atoms with Gasteiger partial charge in [-0.25, -0.2) is 0 Å². The lowest BCUT2D eigenvalue weighted by atomic mass is 9.75. The number of rotatable bonds is 1. The van der Waals surface area contributed by atoms with Gasteiger partial charge in [0, 0.05) is 18.1 Å². The minimum absolute atomic E-state index is 0. The van der Waals surface area contributed by atoms with E-state index in [4.69, 9.17) is 0 Å². The van der Waals surface area contributed by atoms with Crippen molar-refractivity contribution in [3.63, 3.8) is 0 Å². The molecule has 2 heteroatoms. The molecule has 2 saturated heterocycles. The van der Waals surface area contributed by atoms with E-state index >= 15 is 0 Å². The van der Waals surface area contributed by atoms with Crippen molar-refractivity contribution in [2.75, 3.05) is 26.2 Å². The Labute approximate surface area is 180 Å². The predicted octanol–water partition coefficient (Wildman–Crippen LogP) is 7.58. The van der Waals surface area contributed by atoms with Gasteiger partial charge in [-0.3, -0.25) is 4.90 Å². The monoisotopic (exact) mass is 398 g/mol. The van der Waals surface area contributed by atoms with Crippen LogP contribution in [0.4, 0.5) is 0 Å². The summed E-state index contributed by atoms with van der Waals surface area (Å²) in [6.07, 6.45) is 4.16. The summed E-state index contributed by atoms with van der Waals surface area (Å²) in [7, 11) is 0. The Morgan fingerprint density at radius 2 is 1.04 bits per heavy atom. The van der Waals surface area contributed by atoms with Gasteiger partial charge in [0.2, 0.25) is 0 Å². The Bertz CT molecular complexity index is 378. The molecule has 1 atom stereocenters. The van der Waals surface area contributed by atoms with Crippen LogP contribution in [-0.4, -0.2) is 47.6 Å². The standard InChI is InChI=1S/2C12H25N.2CH4/c1-11(2,3)10-7-8-13(9-10)12(4,5)6;1-10(2)13-8-6-11(7-9-13)12(3,4)5;;/h10H,7-9H2,1-6H3;10-11H,6-9H2,1-5H3;2*1H4. The summed E-state index contributed by atoms with van der Waals surface area (Å²) in [5.41, 5.74) is 1.36. The third kappa shape index (κ3) is 9.61. The van der Waals surface area contributed by atoms with E-state index in [1.165, 1.54) is 45.4 Å². The first kappa shape index (κ1) is 30.1. The molecule has 2 fully saturated rings. The van der Waals surface area contributed by atoms with Crippen molar-refractivity contribution in [1.29, 1.82) is 0 Å². The summed E-state index contributed by atoms with van der Waals surface area (Å²) < 4.78 is 0. The third-order valence-electron chi connectivity index (χ3n) is 6.85. The zero-order valence-electron chi connectivity index (χ0n) is 20.1. The lowest BCUT2D eigenvalue weighted by Gasteiger charge is -2.40. The fourth-order valence-corrected chi connectivity index (χ4v) is 4.36. The van der Waals surface area contributed by atoms with Crippen molar-refractivity contribution in [2.24, 2.45) is 22.7 Å². The quantitative estimate of drug-likeness (QED) is 0.449. The zero-order valence-corrected chi connectivity index (χ0v) is 20.1. The molecule has 0 aliphatic carbocycles.